The van der Waals surface area contributed by atoms with Gasteiger partial charge in [-0.1, -0.05) is 66.4 Å². The molecule has 0 spiro atoms. The highest BCUT2D eigenvalue weighted by molar-refractivity contribution is 9.10. The number of fused-ring (bicyclic) bond motifs is 1. The van der Waals surface area contributed by atoms with Crippen LogP contribution in [0, 0.1) is 0 Å². The molecule has 0 radical (unpaired) electrons. The summed E-state index contributed by atoms with van der Waals surface area (Å²) in [5, 5.41) is 12.7. The zero-order valence-corrected chi connectivity index (χ0v) is 12.3. The SMILES string of the molecule is CCCCCC(O)c1cccc2ccc(Br)cc12. The van der Waals surface area contributed by atoms with Crippen LogP contribution in [-0.4, -0.2) is 5.11 Å². The molecule has 2 heteroatoms. The topological polar surface area (TPSA) is 20.2 Å². The molecule has 0 fully saturated rings. The Morgan fingerprint density at radius 1 is 1.17 bits per heavy atom. The number of hydrogen-bond acceptors (Lipinski definition) is 1. The summed E-state index contributed by atoms with van der Waals surface area (Å²) in [6, 6.07) is 12.4. The van der Waals surface area contributed by atoms with E-state index in [-0.39, 0.29) is 6.10 Å². The van der Waals surface area contributed by atoms with E-state index in [1.54, 1.807) is 0 Å². The number of benzene rings is 2. The summed E-state index contributed by atoms with van der Waals surface area (Å²) in [6.45, 7) is 2.18. The standard InChI is InChI=1S/C16H19BrO/c1-2-3-4-8-16(18)14-7-5-6-12-9-10-13(17)11-15(12)14/h5-7,9-11,16,18H,2-4,8H2,1H3. The van der Waals surface area contributed by atoms with Crippen molar-refractivity contribution < 1.29 is 5.11 Å². The van der Waals surface area contributed by atoms with Crippen molar-refractivity contribution >= 4 is 26.7 Å². The summed E-state index contributed by atoms with van der Waals surface area (Å²) in [5.74, 6) is 0. The Morgan fingerprint density at radius 3 is 2.78 bits per heavy atom. The number of rotatable bonds is 5. The fraction of sp³-hybridized carbons (Fsp3) is 0.375. The maximum Gasteiger partial charge on any atom is 0.0796 e. The third-order valence-corrected chi connectivity index (χ3v) is 3.81. The fourth-order valence-electron chi connectivity index (χ4n) is 2.30. The van der Waals surface area contributed by atoms with Crippen LogP contribution in [0.1, 0.15) is 44.3 Å². The molecule has 1 N–H and O–H groups in total. The van der Waals surface area contributed by atoms with Gasteiger partial charge in [-0.2, -0.15) is 0 Å². The molecular weight excluding hydrogens is 288 g/mol. The zero-order valence-electron chi connectivity index (χ0n) is 10.7. The van der Waals surface area contributed by atoms with Crippen molar-refractivity contribution in [2.75, 3.05) is 0 Å². The normalized spacial score (nSPS) is 12.8. The molecule has 0 aliphatic rings. The highest BCUT2D eigenvalue weighted by Gasteiger charge is 2.10. The highest BCUT2D eigenvalue weighted by atomic mass is 79.9. The van der Waals surface area contributed by atoms with Crippen molar-refractivity contribution in [1.29, 1.82) is 0 Å². The lowest BCUT2D eigenvalue weighted by molar-refractivity contribution is 0.165. The molecule has 96 valence electrons. The molecule has 0 aromatic heterocycles. The van der Waals surface area contributed by atoms with Crippen LogP contribution in [-0.2, 0) is 0 Å². The van der Waals surface area contributed by atoms with E-state index in [4.69, 9.17) is 0 Å². The molecule has 0 heterocycles. The maximum absolute atomic E-state index is 10.3. The lowest BCUT2D eigenvalue weighted by Crippen LogP contribution is -1.98. The van der Waals surface area contributed by atoms with Gasteiger partial charge < -0.3 is 5.11 Å². The first-order valence-electron chi connectivity index (χ1n) is 6.58. The van der Waals surface area contributed by atoms with Gasteiger partial charge in [0.15, 0.2) is 0 Å². The molecule has 0 saturated heterocycles. The van der Waals surface area contributed by atoms with Crippen LogP contribution in [0.2, 0.25) is 0 Å². The summed E-state index contributed by atoms with van der Waals surface area (Å²) in [5.41, 5.74) is 1.05. The van der Waals surface area contributed by atoms with Gasteiger partial charge in [0.1, 0.15) is 0 Å². The Hall–Kier alpha value is -0.860. The van der Waals surface area contributed by atoms with Gasteiger partial charge in [0.25, 0.3) is 0 Å². The van der Waals surface area contributed by atoms with Crippen LogP contribution in [0.25, 0.3) is 10.8 Å². The third kappa shape index (κ3) is 3.12. The molecule has 1 atom stereocenters. The Morgan fingerprint density at radius 2 is 2.00 bits per heavy atom. The van der Waals surface area contributed by atoms with Crippen LogP contribution < -0.4 is 0 Å². The first-order chi connectivity index (χ1) is 8.72. The first kappa shape index (κ1) is 13.6. The molecular formula is C16H19BrO. The Kier molecular flexibility index (Phi) is 4.79. The molecule has 1 unspecified atom stereocenters. The number of unbranched alkanes of at least 4 members (excludes halogenated alkanes) is 2. The van der Waals surface area contributed by atoms with Crippen molar-refractivity contribution in [2.24, 2.45) is 0 Å². The van der Waals surface area contributed by atoms with Gasteiger partial charge in [-0.25, -0.2) is 0 Å². The van der Waals surface area contributed by atoms with E-state index < -0.39 is 0 Å². The van der Waals surface area contributed by atoms with E-state index in [1.807, 2.05) is 18.2 Å². The zero-order chi connectivity index (χ0) is 13.0. The molecule has 0 amide bonds. The van der Waals surface area contributed by atoms with E-state index in [1.165, 1.54) is 18.2 Å². The second kappa shape index (κ2) is 6.35. The monoisotopic (exact) mass is 306 g/mol. The second-order valence-corrected chi connectivity index (χ2v) is 5.64. The predicted octanol–water partition coefficient (Wildman–Crippen LogP) is 5.22. The fourth-order valence-corrected chi connectivity index (χ4v) is 2.66. The van der Waals surface area contributed by atoms with Gasteiger partial charge in [0.05, 0.1) is 6.10 Å². The summed E-state index contributed by atoms with van der Waals surface area (Å²) in [6.07, 6.45) is 3.95. The van der Waals surface area contributed by atoms with Crippen LogP contribution in [0.15, 0.2) is 40.9 Å². The van der Waals surface area contributed by atoms with Gasteiger partial charge >= 0.3 is 0 Å². The number of aliphatic hydroxyl groups excluding tert-OH is 1. The van der Waals surface area contributed by atoms with Crippen LogP contribution >= 0.6 is 15.9 Å². The van der Waals surface area contributed by atoms with Crippen LogP contribution in [0.3, 0.4) is 0 Å². The number of aliphatic hydroxyl groups is 1. The molecule has 2 rings (SSSR count). The smallest absolute Gasteiger partial charge is 0.0796 e. The molecule has 2 aromatic carbocycles. The van der Waals surface area contributed by atoms with Crippen molar-refractivity contribution in [3.63, 3.8) is 0 Å². The molecule has 2 aromatic rings. The van der Waals surface area contributed by atoms with Crippen molar-refractivity contribution in [3.8, 4) is 0 Å². The van der Waals surface area contributed by atoms with Gasteiger partial charge in [0, 0.05) is 4.47 Å². The molecule has 0 aliphatic carbocycles. The van der Waals surface area contributed by atoms with Gasteiger partial charge in [0.2, 0.25) is 0 Å². The summed E-state index contributed by atoms with van der Waals surface area (Å²) >= 11 is 3.50. The van der Waals surface area contributed by atoms with E-state index in [0.717, 1.165) is 28.3 Å². The average molecular weight is 307 g/mol. The second-order valence-electron chi connectivity index (χ2n) is 4.72. The Labute approximate surface area is 117 Å². The summed E-state index contributed by atoms with van der Waals surface area (Å²) in [7, 11) is 0. The van der Waals surface area contributed by atoms with Crippen molar-refractivity contribution in [2.45, 2.75) is 38.7 Å². The predicted molar refractivity (Wildman–Crippen MR) is 80.7 cm³/mol. The molecule has 0 bridgehead atoms. The maximum atomic E-state index is 10.3. The van der Waals surface area contributed by atoms with Crippen LogP contribution in [0.5, 0.6) is 0 Å². The van der Waals surface area contributed by atoms with Crippen molar-refractivity contribution in [1.82, 2.24) is 0 Å². The van der Waals surface area contributed by atoms with Crippen LogP contribution in [0.4, 0.5) is 0 Å². The molecule has 1 nitrogen and oxygen atoms in total. The third-order valence-electron chi connectivity index (χ3n) is 3.32. The Balaban J connectivity index is 2.29. The molecule has 18 heavy (non-hydrogen) atoms. The number of halogens is 1. The van der Waals surface area contributed by atoms with E-state index in [9.17, 15) is 5.11 Å². The van der Waals surface area contributed by atoms with Crippen molar-refractivity contribution in [3.05, 3.63) is 46.4 Å². The quantitative estimate of drug-likeness (QED) is 0.751. The minimum absolute atomic E-state index is 0.352. The number of hydrogen-bond donors (Lipinski definition) is 1. The molecule has 0 saturated carbocycles. The largest absolute Gasteiger partial charge is 0.388 e. The summed E-state index contributed by atoms with van der Waals surface area (Å²) < 4.78 is 1.06. The van der Waals surface area contributed by atoms with E-state index in [0.29, 0.717) is 0 Å². The van der Waals surface area contributed by atoms with Gasteiger partial charge in [-0.3, -0.25) is 0 Å². The minimum Gasteiger partial charge on any atom is -0.388 e. The molecule has 0 aliphatic heterocycles. The van der Waals surface area contributed by atoms with Gasteiger partial charge in [-0.15, -0.1) is 0 Å². The lowest BCUT2D eigenvalue weighted by Gasteiger charge is -2.14. The highest BCUT2D eigenvalue weighted by Crippen LogP contribution is 2.29. The Bertz CT molecular complexity index is 521. The van der Waals surface area contributed by atoms with E-state index >= 15 is 0 Å². The average Bonchev–Trinajstić information content (AvgIpc) is 2.38. The summed E-state index contributed by atoms with van der Waals surface area (Å²) in [4.78, 5) is 0. The first-order valence-corrected chi connectivity index (χ1v) is 7.38. The van der Waals surface area contributed by atoms with Gasteiger partial charge in [-0.05, 0) is 34.9 Å². The minimum atomic E-state index is -0.352. The van der Waals surface area contributed by atoms with E-state index in [2.05, 4.69) is 41.1 Å². The lowest BCUT2D eigenvalue weighted by atomic mass is 9.97.